The van der Waals surface area contributed by atoms with E-state index in [1.807, 2.05) is 36.4 Å². The SMILES string of the molecule is CC(C)(C)C(=O)C(C#N)=Cc1cccc(OCc2cccc(C#N)c2)c1. The zero-order valence-electron chi connectivity index (χ0n) is 15.1. The number of hydrogen-bond donors (Lipinski definition) is 0. The van der Waals surface area contributed by atoms with E-state index in [1.54, 1.807) is 45.0 Å². The average molecular weight is 344 g/mol. The fourth-order valence-corrected chi connectivity index (χ4v) is 2.31. The van der Waals surface area contributed by atoms with E-state index in [0.29, 0.717) is 17.9 Å². The van der Waals surface area contributed by atoms with Gasteiger partial charge in [-0.25, -0.2) is 0 Å². The fraction of sp³-hybridized carbons (Fsp3) is 0.227. The van der Waals surface area contributed by atoms with Crippen molar-refractivity contribution in [2.45, 2.75) is 27.4 Å². The van der Waals surface area contributed by atoms with Crippen LogP contribution in [0.3, 0.4) is 0 Å². The Morgan fingerprint density at radius 1 is 1.12 bits per heavy atom. The van der Waals surface area contributed by atoms with Gasteiger partial charge in [-0.1, -0.05) is 45.0 Å². The van der Waals surface area contributed by atoms with E-state index in [2.05, 4.69) is 6.07 Å². The number of nitriles is 2. The number of rotatable bonds is 5. The molecule has 4 nitrogen and oxygen atoms in total. The van der Waals surface area contributed by atoms with Gasteiger partial charge in [0.2, 0.25) is 0 Å². The lowest BCUT2D eigenvalue weighted by atomic mass is 9.86. The van der Waals surface area contributed by atoms with Crippen LogP contribution in [0.25, 0.3) is 6.08 Å². The first-order valence-corrected chi connectivity index (χ1v) is 8.22. The average Bonchev–Trinajstić information content (AvgIpc) is 2.63. The van der Waals surface area contributed by atoms with Crippen LogP contribution >= 0.6 is 0 Å². The molecule has 2 aromatic rings. The molecule has 2 rings (SSSR count). The summed E-state index contributed by atoms with van der Waals surface area (Å²) in [5.41, 5.74) is 1.72. The van der Waals surface area contributed by atoms with Gasteiger partial charge in [-0.15, -0.1) is 0 Å². The number of allylic oxidation sites excluding steroid dienone is 1. The Morgan fingerprint density at radius 3 is 2.50 bits per heavy atom. The van der Waals surface area contributed by atoms with Crippen LogP contribution in [0, 0.1) is 28.1 Å². The predicted molar refractivity (Wildman–Crippen MR) is 100.0 cm³/mol. The molecule has 0 aliphatic carbocycles. The maximum absolute atomic E-state index is 12.3. The Morgan fingerprint density at radius 2 is 1.85 bits per heavy atom. The molecule has 0 radical (unpaired) electrons. The third kappa shape index (κ3) is 5.06. The van der Waals surface area contributed by atoms with Gasteiger partial charge in [0.15, 0.2) is 5.78 Å². The van der Waals surface area contributed by atoms with Crippen molar-refractivity contribution in [3.05, 3.63) is 70.8 Å². The van der Waals surface area contributed by atoms with Crippen molar-refractivity contribution in [2.24, 2.45) is 5.41 Å². The van der Waals surface area contributed by atoms with Crippen molar-refractivity contribution in [3.63, 3.8) is 0 Å². The third-order valence-corrected chi connectivity index (χ3v) is 3.68. The minimum atomic E-state index is -0.610. The Hall–Kier alpha value is -3.37. The fourth-order valence-electron chi connectivity index (χ4n) is 2.31. The van der Waals surface area contributed by atoms with Crippen LogP contribution in [0.15, 0.2) is 54.1 Å². The molecule has 26 heavy (non-hydrogen) atoms. The molecule has 0 atom stereocenters. The van der Waals surface area contributed by atoms with Crippen LogP contribution in [-0.2, 0) is 11.4 Å². The number of ether oxygens (including phenoxy) is 1. The van der Waals surface area contributed by atoms with E-state index in [-0.39, 0.29) is 11.4 Å². The van der Waals surface area contributed by atoms with E-state index < -0.39 is 5.41 Å². The van der Waals surface area contributed by atoms with Gasteiger partial charge in [-0.2, -0.15) is 10.5 Å². The lowest BCUT2D eigenvalue weighted by Crippen LogP contribution is -2.21. The summed E-state index contributed by atoms with van der Waals surface area (Å²) in [5, 5.41) is 18.2. The molecule has 0 aromatic heterocycles. The smallest absolute Gasteiger partial charge is 0.178 e. The quantitative estimate of drug-likeness (QED) is 0.584. The molecule has 0 spiro atoms. The highest BCUT2D eigenvalue weighted by Gasteiger charge is 2.24. The van der Waals surface area contributed by atoms with Crippen LogP contribution in [0.1, 0.15) is 37.5 Å². The molecule has 0 saturated heterocycles. The lowest BCUT2D eigenvalue weighted by Gasteiger charge is -2.15. The second-order valence-corrected chi connectivity index (χ2v) is 6.92. The number of benzene rings is 2. The summed E-state index contributed by atoms with van der Waals surface area (Å²) in [5.74, 6) is 0.432. The predicted octanol–water partition coefficient (Wildman–Crippen LogP) is 4.66. The summed E-state index contributed by atoms with van der Waals surface area (Å²) < 4.78 is 5.77. The second-order valence-electron chi connectivity index (χ2n) is 6.92. The van der Waals surface area contributed by atoms with Gasteiger partial charge >= 0.3 is 0 Å². The first-order valence-electron chi connectivity index (χ1n) is 8.22. The summed E-state index contributed by atoms with van der Waals surface area (Å²) in [6, 6.07) is 18.5. The summed E-state index contributed by atoms with van der Waals surface area (Å²) in [6.45, 7) is 5.69. The maximum atomic E-state index is 12.3. The Balaban J connectivity index is 2.17. The highest BCUT2D eigenvalue weighted by molar-refractivity contribution is 6.06. The van der Waals surface area contributed by atoms with E-state index in [0.717, 1.165) is 11.1 Å². The van der Waals surface area contributed by atoms with Gasteiger partial charge in [-0.3, -0.25) is 4.79 Å². The summed E-state index contributed by atoms with van der Waals surface area (Å²) in [4.78, 5) is 12.3. The molecule has 130 valence electrons. The van der Waals surface area contributed by atoms with Gasteiger partial charge in [0.25, 0.3) is 0 Å². The standard InChI is InChI=1S/C22H20N2O2/c1-22(2,3)21(25)19(14-24)11-16-6-5-9-20(12-16)26-15-18-8-4-7-17(10-18)13-23/h4-12H,15H2,1-3H3. The number of nitrogens with zero attached hydrogens (tertiary/aromatic N) is 2. The van der Waals surface area contributed by atoms with E-state index >= 15 is 0 Å². The van der Waals surface area contributed by atoms with E-state index in [1.165, 1.54) is 0 Å². The van der Waals surface area contributed by atoms with Gasteiger partial charge in [-0.05, 0) is 41.5 Å². The van der Waals surface area contributed by atoms with Gasteiger partial charge in [0.1, 0.15) is 18.4 Å². The highest BCUT2D eigenvalue weighted by atomic mass is 16.5. The monoisotopic (exact) mass is 344 g/mol. The van der Waals surface area contributed by atoms with Crippen LogP contribution in [-0.4, -0.2) is 5.78 Å². The number of Topliss-reactive ketones (excluding diaryl/α,β-unsaturated/α-hetero) is 1. The summed E-state index contributed by atoms with van der Waals surface area (Å²) in [7, 11) is 0. The van der Waals surface area contributed by atoms with Gasteiger partial charge in [0.05, 0.1) is 17.2 Å². The zero-order valence-corrected chi connectivity index (χ0v) is 15.1. The van der Waals surface area contributed by atoms with Crippen LogP contribution in [0.5, 0.6) is 5.75 Å². The first-order chi connectivity index (χ1) is 12.3. The Labute approximate surface area is 154 Å². The molecule has 0 N–H and O–H groups in total. The first kappa shape index (κ1) is 19.0. The number of carbonyl (C=O) groups is 1. The van der Waals surface area contributed by atoms with E-state index in [4.69, 9.17) is 10.00 Å². The minimum Gasteiger partial charge on any atom is -0.489 e. The van der Waals surface area contributed by atoms with E-state index in [9.17, 15) is 10.1 Å². The molecule has 0 aliphatic heterocycles. The van der Waals surface area contributed by atoms with Crippen molar-refractivity contribution >= 4 is 11.9 Å². The molecular weight excluding hydrogens is 324 g/mol. The third-order valence-electron chi connectivity index (χ3n) is 3.68. The molecule has 0 unspecified atom stereocenters. The molecule has 0 amide bonds. The molecule has 0 bridgehead atoms. The topological polar surface area (TPSA) is 73.9 Å². The number of hydrogen-bond acceptors (Lipinski definition) is 4. The largest absolute Gasteiger partial charge is 0.489 e. The van der Waals surface area contributed by atoms with Crippen molar-refractivity contribution in [3.8, 4) is 17.9 Å². The molecule has 2 aromatic carbocycles. The lowest BCUT2D eigenvalue weighted by molar-refractivity contribution is -0.121. The van der Waals surface area contributed by atoms with Crippen LogP contribution in [0.4, 0.5) is 0 Å². The van der Waals surface area contributed by atoms with Crippen molar-refractivity contribution in [1.82, 2.24) is 0 Å². The molecule has 0 saturated carbocycles. The molecule has 0 heterocycles. The summed E-state index contributed by atoms with van der Waals surface area (Å²) >= 11 is 0. The number of ketones is 1. The Bertz CT molecular complexity index is 922. The number of carbonyl (C=O) groups excluding carboxylic acids is 1. The minimum absolute atomic E-state index is 0.122. The van der Waals surface area contributed by atoms with Crippen molar-refractivity contribution in [1.29, 1.82) is 10.5 Å². The molecule has 0 fully saturated rings. The maximum Gasteiger partial charge on any atom is 0.178 e. The second kappa shape index (κ2) is 8.14. The van der Waals surface area contributed by atoms with Crippen LogP contribution < -0.4 is 4.74 Å². The van der Waals surface area contributed by atoms with Crippen molar-refractivity contribution < 1.29 is 9.53 Å². The molecular formula is C22H20N2O2. The highest BCUT2D eigenvalue weighted by Crippen LogP contribution is 2.23. The molecule has 0 aliphatic rings. The molecule has 4 heteroatoms. The van der Waals surface area contributed by atoms with Gasteiger partial charge < -0.3 is 4.74 Å². The van der Waals surface area contributed by atoms with Crippen LogP contribution in [0.2, 0.25) is 0 Å². The zero-order chi connectivity index (χ0) is 19.2. The summed E-state index contributed by atoms with van der Waals surface area (Å²) in [6.07, 6.45) is 1.58. The van der Waals surface area contributed by atoms with Crippen molar-refractivity contribution in [2.75, 3.05) is 0 Å². The van der Waals surface area contributed by atoms with Gasteiger partial charge in [0, 0.05) is 5.41 Å². The normalized spacial score (nSPS) is 11.3. The Kier molecular flexibility index (Phi) is 5.94.